The van der Waals surface area contributed by atoms with Crippen molar-refractivity contribution in [3.05, 3.63) is 28.5 Å². The summed E-state index contributed by atoms with van der Waals surface area (Å²) in [5, 5.41) is 0.162. The first-order valence-corrected chi connectivity index (χ1v) is 5.21. The fourth-order valence-corrected chi connectivity index (χ4v) is 1.28. The normalized spacial score (nSPS) is 13.8. The van der Waals surface area contributed by atoms with Crippen molar-refractivity contribution in [3.63, 3.8) is 0 Å². The van der Waals surface area contributed by atoms with Gasteiger partial charge in [-0.15, -0.1) is 0 Å². The summed E-state index contributed by atoms with van der Waals surface area (Å²) in [5.74, 6) is 0. The third-order valence-electron chi connectivity index (χ3n) is 2.04. The first-order valence-electron chi connectivity index (χ1n) is 4.83. The first-order chi connectivity index (χ1) is 7.85. The molecule has 1 aromatic rings. The van der Waals surface area contributed by atoms with Crippen LogP contribution in [0.1, 0.15) is 24.2 Å². The van der Waals surface area contributed by atoms with Crippen LogP contribution in [0, 0.1) is 0 Å². The van der Waals surface area contributed by atoms with E-state index in [9.17, 15) is 13.2 Å². The smallest absolute Gasteiger partial charge is 0.324 e. The monoisotopic (exact) mass is 268 g/mol. The highest BCUT2D eigenvalue weighted by Crippen LogP contribution is 2.23. The number of rotatable bonds is 5. The van der Waals surface area contributed by atoms with Crippen molar-refractivity contribution in [2.45, 2.75) is 25.7 Å². The van der Waals surface area contributed by atoms with Crippen LogP contribution in [0.25, 0.3) is 0 Å². The average Bonchev–Trinajstić information content (AvgIpc) is 2.27. The van der Waals surface area contributed by atoms with Crippen molar-refractivity contribution in [1.82, 2.24) is 4.98 Å². The second-order valence-electron chi connectivity index (χ2n) is 3.55. The van der Waals surface area contributed by atoms with Gasteiger partial charge in [-0.25, -0.2) is 4.39 Å². The van der Waals surface area contributed by atoms with E-state index < -0.39 is 19.4 Å². The van der Waals surface area contributed by atoms with Gasteiger partial charge in [0, 0.05) is 12.2 Å². The summed E-state index contributed by atoms with van der Waals surface area (Å²) in [5.41, 5.74) is 6.39. The molecule has 96 valence electrons. The van der Waals surface area contributed by atoms with E-state index >= 15 is 0 Å². The average molecular weight is 269 g/mol. The molecule has 0 saturated carbocycles. The van der Waals surface area contributed by atoms with E-state index in [2.05, 4.69) is 9.72 Å². The van der Waals surface area contributed by atoms with Crippen LogP contribution in [-0.2, 0) is 11.3 Å². The third kappa shape index (κ3) is 4.14. The molecule has 1 heterocycles. The van der Waals surface area contributed by atoms with E-state index in [1.54, 1.807) is 6.92 Å². The van der Waals surface area contributed by atoms with Gasteiger partial charge in [-0.3, -0.25) is 4.98 Å². The fraction of sp³-hybridized carbons (Fsp3) is 0.500. The van der Waals surface area contributed by atoms with Crippen LogP contribution in [-0.4, -0.2) is 17.8 Å². The van der Waals surface area contributed by atoms with Gasteiger partial charge in [0.1, 0.15) is 0 Å². The third-order valence-corrected chi connectivity index (χ3v) is 2.37. The summed E-state index contributed by atoms with van der Waals surface area (Å²) >= 11 is 5.81. The lowest BCUT2D eigenvalue weighted by atomic mass is 10.1. The van der Waals surface area contributed by atoms with Crippen LogP contribution in [0.15, 0.2) is 12.3 Å². The van der Waals surface area contributed by atoms with Crippen LogP contribution in [0.5, 0.6) is 0 Å². The molecule has 1 rings (SSSR count). The lowest BCUT2D eigenvalue weighted by Gasteiger charge is -2.14. The van der Waals surface area contributed by atoms with Gasteiger partial charge in [0.05, 0.1) is 17.3 Å². The topological polar surface area (TPSA) is 48.1 Å². The summed E-state index contributed by atoms with van der Waals surface area (Å²) in [6, 6.07) is 1.26. The van der Waals surface area contributed by atoms with Crippen molar-refractivity contribution in [3.8, 4) is 0 Å². The van der Waals surface area contributed by atoms with Gasteiger partial charge in [0.2, 0.25) is 0 Å². The molecule has 1 unspecified atom stereocenters. The van der Waals surface area contributed by atoms with Crippen LogP contribution >= 0.6 is 11.6 Å². The van der Waals surface area contributed by atoms with Gasteiger partial charge in [-0.2, -0.15) is 8.78 Å². The quantitative estimate of drug-likeness (QED) is 0.893. The molecule has 1 atom stereocenters. The van der Waals surface area contributed by atoms with E-state index in [1.165, 1.54) is 12.3 Å². The Kier molecular flexibility index (Phi) is 4.73. The second-order valence-corrected chi connectivity index (χ2v) is 3.95. The molecule has 0 aliphatic rings. The molecule has 0 radical (unpaired) electrons. The highest BCUT2D eigenvalue weighted by Gasteiger charge is 2.30. The minimum absolute atomic E-state index is 0.115. The predicted molar refractivity (Wildman–Crippen MR) is 57.6 cm³/mol. The molecule has 0 spiro atoms. The molecule has 2 N–H and O–H groups in total. The fourth-order valence-electron chi connectivity index (χ4n) is 1.05. The molecule has 0 saturated heterocycles. The van der Waals surface area contributed by atoms with Crippen molar-refractivity contribution in [2.75, 3.05) is 6.67 Å². The van der Waals surface area contributed by atoms with Gasteiger partial charge in [0.15, 0.2) is 6.67 Å². The molecule has 0 fully saturated rings. The van der Waals surface area contributed by atoms with Gasteiger partial charge in [-0.05, 0) is 18.6 Å². The highest BCUT2D eigenvalue weighted by molar-refractivity contribution is 6.31. The number of pyridine rings is 1. The molecule has 0 amide bonds. The summed E-state index contributed by atoms with van der Waals surface area (Å²) in [6.45, 7) is -0.710. The van der Waals surface area contributed by atoms with Gasteiger partial charge < -0.3 is 10.5 Å². The van der Waals surface area contributed by atoms with Crippen LogP contribution < -0.4 is 5.73 Å². The Labute approximate surface area is 102 Å². The lowest BCUT2D eigenvalue weighted by Crippen LogP contribution is -2.23. The predicted octanol–water partition coefficient (Wildman–Crippen LogP) is 2.83. The number of alkyl halides is 3. The SMILES string of the molecule is CC(N)c1cnc(COC(F)(F)CF)c(Cl)c1. The Morgan fingerprint density at radius 1 is 1.59 bits per heavy atom. The lowest BCUT2D eigenvalue weighted by molar-refractivity contribution is -0.253. The Morgan fingerprint density at radius 2 is 2.24 bits per heavy atom. The molecule has 0 bridgehead atoms. The number of nitrogens with two attached hydrogens (primary N) is 1. The van der Waals surface area contributed by atoms with Crippen molar-refractivity contribution >= 4 is 11.6 Å². The summed E-state index contributed by atoms with van der Waals surface area (Å²) < 4.78 is 40.8. The second kappa shape index (κ2) is 5.66. The molecule has 1 aromatic heterocycles. The standard InChI is InChI=1S/C10H12ClF3N2O/c1-6(15)7-2-8(11)9(16-3-7)4-17-10(13,14)5-12/h2-3,6H,4-5,15H2,1H3. The number of nitrogens with zero attached hydrogens (tertiary/aromatic N) is 1. The van der Waals surface area contributed by atoms with E-state index in [1.807, 2.05) is 0 Å². The Balaban J connectivity index is 2.73. The van der Waals surface area contributed by atoms with E-state index in [4.69, 9.17) is 17.3 Å². The Hall–Kier alpha value is -0.850. The molecule has 3 nitrogen and oxygen atoms in total. The maximum atomic E-state index is 12.5. The van der Waals surface area contributed by atoms with Crippen molar-refractivity contribution < 1.29 is 17.9 Å². The first kappa shape index (κ1) is 14.2. The number of halogens is 4. The van der Waals surface area contributed by atoms with Crippen LogP contribution in [0.2, 0.25) is 5.02 Å². The highest BCUT2D eigenvalue weighted by atomic mass is 35.5. The Morgan fingerprint density at radius 3 is 2.71 bits per heavy atom. The number of hydrogen-bond donors (Lipinski definition) is 1. The Bertz CT molecular complexity index is 388. The largest absolute Gasteiger partial charge is 0.384 e. The minimum atomic E-state index is -3.81. The number of ether oxygens (including phenoxy) is 1. The molecular formula is C10H12ClF3N2O. The molecule has 7 heteroatoms. The number of hydrogen-bond acceptors (Lipinski definition) is 3. The maximum Gasteiger partial charge on any atom is 0.384 e. The number of aromatic nitrogens is 1. The van der Waals surface area contributed by atoms with E-state index in [-0.39, 0.29) is 16.8 Å². The van der Waals surface area contributed by atoms with Crippen molar-refractivity contribution in [2.24, 2.45) is 5.73 Å². The van der Waals surface area contributed by atoms with E-state index in [0.29, 0.717) is 5.56 Å². The zero-order valence-corrected chi connectivity index (χ0v) is 9.85. The summed E-state index contributed by atoms with van der Waals surface area (Å²) in [6.07, 6.45) is -2.40. The van der Waals surface area contributed by atoms with E-state index in [0.717, 1.165) is 0 Å². The summed E-state index contributed by atoms with van der Waals surface area (Å²) in [4.78, 5) is 3.84. The zero-order chi connectivity index (χ0) is 13.1. The zero-order valence-electron chi connectivity index (χ0n) is 9.09. The van der Waals surface area contributed by atoms with Gasteiger partial charge in [-0.1, -0.05) is 11.6 Å². The molecule has 0 aromatic carbocycles. The molecular weight excluding hydrogens is 257 g/mol. The molecule has 0 aliphatic carbocycles. The summed E-state index contributed by atoms with van der Waals surface area (Å²) in [7, 11) is 0. The van der Waals surface area contributed by atoms with Gasteiger partial charge >= 0.3 is 6.11 Å². The molecule has 17 heavy (non-hydrogen) atoms. The van der Waals surface area contributed by atoms with Crippen LogP contribution in [0.4, 0.5) is 13.2 Å². The van der Waals surface area contributed by atoms with Crippen molar-refractivity contribution in [1.29, 1.82) is 0 Å². The maximum absolute atomic E-state index is 12.5. The van der Waals surface area contributed by atoms with Gasteiger partial charge in [0.25, 0.3) is 0 Å². The minimum Gasteiger partial charge on any atom is -0.324 e. The molecule has 0 aliphatic heterocycles. The van der Waals surface area contributed by atoms with Crippen LogP contribution in [0.3, 0.4) is 0 Å².